The van der Waals surface area contributed by atoms with Gasteiger partial charge < -0.3 is 9.94 Å². The number of rotatable bonds is 4. The van der Waals surface area contributed by atoms with E-state index in [2.05, 4.69) is 5.16 Å². The fourth-order valence-electron chi connectivity index (χ4n) is 1.98. The third kappa shape index (κ3) is 3.61. The molecule has 1 fully saturated rings. The van der Waals surface area contributed by atoms with Crippen LogP contribution in [-0.4, -0.2) is 22.9 Å². The van der Waals surface area contributed by atoms with Crippen molar-refractivity contribution in [1.29, 1.82) is 0 Å². The molecule has 1 aliphatic rings. The summed E-state index contributed by atoms with van der Waals surface area (Å²) in [6, 6.07) is 4.56. The van der Waals surface area contributed by atoms with Crippen molar-refractivity contribution in [3.8, 4) is 0 Å². The summed E-state index contributed by atoms with van der Waals surface area (Å²) in [6.45, 7) is 0. The van der Waals surface area contributed by atoms with Crippen LogP contribution in [0.4, 0.5) is 0 Å². The number of benzene rings is 1. The number of hydrogen-bond donors (Lipinski definition) is 1. The van der Waals surface area contributed by atoms with Crippen LogP contribution in [0.1, 0.15) is 31.2 Å². The van der Waals surface area contributed by atoms with Crippen LogP contribution < -0.4 is 0 Å². The first-order chi connectivity index (χ1) is 9.08. The highest BCUT2D eigenvalue weighted by Gasteiger charge is 2.19. The van der Waals surface area contributed by atoms with E-state index in [1.165, 1.54) is 12.1 Å². The first kappa shape index (κ1) is 14.2. The van der Waals surface area contributed by atoms with Gasteiger partial charge in [-0.1, -0.05) is 34.4 Å². The van der Waals surface area contributed by atoms with Crippen molar-refractivity contribution in [2.75, 3.05) is 0 Å². The van der Waals surface area contributed by atoms with Crippen LogP contribution in [0.3, 0.4) is 0 Å². The second kappa shape index (κ2) is 6.26. The van der Waals surface area contributed by atoms with Crippen LogP contribution >= 0.6 is 23.2 Å². The molecule has 0 heterocycles. The number of aliphatic carboxylic acids is 1. The second-order valence-corrected chi connectivity index (χ2v) is 5.20. The van der Waals surface area contributed by atoms with Gasteiger partial charge in [0, 0.05) is 5.56 Å². The summed E-state index contributed by atoms with van der Waals surface area (Å²) in [4.78, 5) is 16.5. The monoisotopic (exact) mass is 301 g/mol. The van der Waals surface area contributed by atoms with E-state index in [9.17, 15) is 9.90 Å². The van der Waals surface area contributed by atoms with Crippen LogP contribution in [0.25, 0.3) is 0 Å². The van der Waals surface area contributed by atoms with E-state index in [0.29, 0.717) is 10.6 Å². The molecule has 0 unspecified atom stereocenters. The minimum absolute atomic E-state index is 0.0112. The molecule has 0 aromatic heterocycles. The SMILES string of the molecule is O=C(O)C(=NOC1CCCC1)c1ccc(Cl)c(Cl)c1. The molecule has 102 valence electrons. The number of nitrogens with zero attached hydrogens (tertiary/aromatic N) is 1. The second-order valence-electron chi connectivity index (χ2n) is 4.39. The van der Waals surface area contributed by atoms with Crippen LogP contribution in [0.2, 0.25) is 10.0 Å². The van der Waals surface area contributed by atoms with Crippen molar-refractivity contribution in [2.45, 2.75) is 31.8 Å². The number of oxime groups is 1. The minimum Gasteiger partial charge on any atom is -0.476 e. The number of halogens is 2. The van der Waals surface area contributed by atoms with Crippen LogP contribution in [0, 0.1) is 0 Å². The zero-order valence-corrected chi connectivity index (χ0v) is 11.6. The van der Waals surface area contributed by atoms with E-state index in [4.69, 9.17) is 28.0 Å². The molecular formula is C13H13Cl2NO3. The smallest absolute Gasteiger partial charge is 0.358 e. The molecule has 0 saturated heterocycles. The van der Waals surface area contributed by atoms with E-state index >= 15 is 0 Å². The molecule has 6 heteroatoms. The van der Waals surface area contributed by atoms with Crippen LogP contribution in [0.5, 0.6) is 0 Å². The topological polar surface area (TPSA) is 58.9 Å². The van der Waals surface area contributed by atoms with E-state index in [0.717, 1.165) is 25.7 Å². The average Bonchev–Trinajstić information content (AvgIpc) is 2.86. The lowest BCUT2D eigenvalue weighted by Gasteiger charge is -2.08. The highest BCUT2D eigenvalue weighted by molar-refractivity contribution is 6.45. The van der Waals surface area contributed by atoms with Gasteiger partial charge in [0.25, 0.3) is 0 Å². The summed E-state index contributed by atoms with van der Waals surface area (Å²) in [5, 5.41) is 13.6. The molecule has 1 aromatic carbocycles. The van der Waals surface area contributed by atoms with E-state index in [1.807, 2.05) is 0 Å². The highest BCUT2D eigenvalue weighted by atomic mass is 35.5. The van der Waals surface area contributed by atoms with E-state index in [-0.39, 0.29) is 16.8 Å². The molecule has 4 nitrogen and oxygen atoms in total. The Morgan fingerprint density at radius 1 is 1.26 bits per heavy atom. The summed E-state index contributed by atoms with van der Waals surface area (Å²) in [6.07, 6.45) is 4.03. The van der Waals surface area contributed by atoms with Crippen molar-refractivity contribution in [2.24, 2.45) is 5.16 Å². The number of carbonyl (C=O) groups is 1. The van der Waals surface area contributed by atoms with E-state index in [1.54, 1.807) is 6.07 Å². The maximum atomic E-state index is 11.2. The van der Waals surface area contributed by atoms with Crippen molar-refractivity contribution in [3.63, 3.8) is 0 Å². The predicted octanol–water partition coefficient (Wildman–Crippen LogP) is 3.74. The third-order valence-electron chi connectivity index (χ3n) is 2.99. The Kier molecular flexibility index (Phi) is 4.66. The molecule has 0 radical (unpaired) electrons. The molecule has 0 bridgehead atoms. The molecular weight excluding hydrogens is 289 g/mol. The summed E-state index contributed by atoms with van der Waals surface area (Å²) < 4.78 is 0. The van der Waals surface area contributed by atoms with Crippen molar-refractivity contribution in [3.05, 3.63) is 33.8 Å². The van der Waals surface area contributed by atoms with Crippen molar-refractivity contribution < 1.29 is 14.7 Å². The molecule has 1 saturated carbocycles. The molecule has 1 aliphatic carbocycles. The third-order valence-corrected chi connectivity index (χ3v) is 3.73. The standard InChI is InChI=1S/C13H13Cl2NO3/c14-10-6-5-8(7-11(10)15)12(13(17)18)16-19-9-3-1-2-4-9/h5-7,9H,1-4H2,(H,17,18). The Hall–Kier alpha value is -1.26. The number of carboxylic acid groups (broad SMARTS) is 1. The quantitative estimate of drug-likeness (QED) is 0.681. The van der Waals surface area contributed by atoms with Gasteiger partial charge in [-0.05, 0) is 37.8 Å². The molecule has 1 N–H and O–H groups in total. The summed E-state index contributed by atoms with van der Waals surface area (Å²) in [7, 11) is 0. The molecule has 0 amide bonds. The van der Waals surface area contributed by atoms with Crippen LogP contribution in [-0.2, 0) is 9.63 Å². The van der Waals surface area contributed by atoms with Gasteiger partial charge in [0.1, 0.15) is 6.10 Å². The fourth-order valence-corrected chi connectivity index (χ4v) is 2.28. The zero-order valence-electron chi connectivity index (χ0n) is 10.1. The molecule has 1 aromatic rings. The Morgan fingerprint density at radius 2 is 1.95 bits per heavy atom. The lowest BCUT2D eigenvalue weighted by Crippen LogP contribution is -2.16. The molecule has 0 spiro atoms. The maximum Gasteiger partial charge on any atom is 0.358 e. The molecule has 0 atom stereocenters. The highest BCUT2D eigenvalue weighted by Crippen LogP contribution is 2.24. The number of carboxylic acids is 1. The lowest BCUT2D eigenvalue weighted by atomic mass is 10.1. The minimum atomic E-state index is -1.16. The van der Waals surface area contributed by atoms with Gasteiger partial charge in [-0.2, -0.15) is 0 Å². The maximum absolute atomic E-state index is 11.2. The van der Waals surface area contributed by atoms with Gasteiger partial charge in [-0.3, -0.25) is 0 Å². The fraction of sp³-hybridized carbons (Fsp3) is 0.385. The van der Waals surface area contributed by atoms with Gasteiger partial charge in [-0.25, -0.2) is 4.79 Å². The summed E-state index contributed by atoms with van der Waals surface area (Å²) in [5.74, 6) is -1.16. The largest absolute Gasteiger partial charge is 0.476 e. The zero-order chi connectivity index (χ0) is 13.8. The Bertz CT molecular complexity index is 511. The summed E-state index contributed by atoms with van der Waals surface area (Å²) >= 11 is 11.7. The first-order valence-electron chi connectivity index (χ1n) is 6.00. The first-order valence-corrected chi connectivity index (χ1v) is 6.76. The van der Waals surface area contributed by atoms with Gasteiger partial charge in [-0.15, -0.1) is 0 Å². The summed E-state index contributed by atoms with van der Waals surface area (Å²) in [5.41, 5.74) is 0.213. The van der Waals surface area contributed by atoms with Crippen molar-refractivity contribution >= 4 is 34.9 Å². The average molecular weight is 302 g/mol. The van der Waals surface area contributed by atoms with Gasteiger partial charge in [0.15, 0.2) is 5.71 Å². The van der Waals surface area contributed by atoms with Crippen molar-refractivity contribution in [1.82, 2.24) is 0 Å². The Balaban J connectivity index is 2.20. The van der Waals surface area contributed by atoms with Gasteiger partial charge >= 0.3 is 5.97 Å². The Labute approximate surface area is 121 Å². The predicted molar refractivity (Wildman–Crippen MR) is 74.0 cm³/mol. The Morgan fingerprint density at radius 3 is 2.53 bits per heavy atom. The van der Waals surface area contributed by atoms with Gasteiger partial charge in [0.05, 0.1) is 10.0 Å². The molecule has 0 aliphatic heterocycles. The number of hydrogen-bond acceptors (Lipinski definition) is 3. The van der Waals surface area contributed by atoms with Crippen LogP contribution in [0.15, 0.2) is 23.4 Å². The normalized spacial score (nSPS) is 16.6. The van der Waals surface area contributed by atoms with E-state index < -0.39 is 5.97 Å². The molecule has 2 rings (SSSR count). The van der Waals surface area contributed by atoms with Gasteiger partial charge in [0.2, 0.25) is 0 Å². The molecule has 19 heavy (non-hydrogen) atoms. The lowest BCUT2D eigenvalue weighted by molar-refractivity contribution is -0.129.